The molecule has 0 heterocycles. The average Bonchev–Trinajstić information content (AvgIpc) is 2.74. The van der Waals surface area contributed by atoms with Crippen LogP contribution in [0.1, 0.15) is 17.3 Å². The number of hydrogen-bond donors (Lipinski definition) is 2. The Kier molecular flexibility index (Phi) is 7.85. The number of benzene rings is 3. The summed E-state index contributed by atoms with van der Waals surface area (Å²) in [5, 5.41) is 6.23. The smallest absolute Gasteiger partial charge is 0.255 e. The Hall–Kier alpha value is -2.67. The Bertz CT molecular complexity index is 1110. The van der Waals surface area contributed by atoms with E-state index in [0.29, 0.717) is 32.7 Å². The number of thioether (sulfide) groups is 1. The van der Waals surface area contributed by atoms with Crippen molar-refractivity contribution in [3.8, 4) is 5.75 Å². The van der Waals surface area contributed by atoms with Crippen LogP contribution in [-0.4, -0.2) is 24.2 Å². The van der Waals surface area contributed by atoms with E-state index in [1.54, 1.807) is 48.5 Å². The molecular weight excluding hydrogens is 455 g/mol. The second-order valence-corrected chi connectivity index (χ2v) is 8.85. The van der Waals surface area contributed by atoms with Crippen LogP contribution in [0, 0.1) is 0 Å². The van der Waals surface area contributed by atoms with Crippen molar-refractivity contribution in [3.05, 3.63) is 82.3 Å². The summed E-state index contributed by atoms with van der Waals surface area (Å²) in [5.41, 5.74) is 1.69. The zero-order chi connectivity index (χ0) is 22.4. The molecule has 160 valence electrons. The fourth-order valence-electron chi connectivity index (χ4n) is 2.73. The maximum absolute atomic E-state index is 12.6. The maximum atomic E-state index is 12.6. The van der Waals surface area contributed by atoms with Gasteiger partial charge in [0.1, 0.15) is 5.75 Å². The monoisotopic (exact) mass is 474 g/mol. The molecule has 3 aromatic carbocycles. The Morgan fingerprint density at radius 2 is 1.68 bits per heavy atom. The lowest BCUT2D eigenvalue weighted by Gasteiger charge is -2.14. The van der Waals surface area contributed by atoms with Gasteiger partial charge in [-0.15, -0.1) is 11.8 Å². The van der Waals surface area contributed by atoms with Crippen molar-refractivity contribution in [2.75, 3.05) is 17.7 Å². The third kappa shape index (κ3) is 6.40. The van der Waals surface area contributed by atoms with Gasteiger partial charge in [0.05, 0.1) is 17.4 Å². The standard InChI is InChI=1S/C23H20Cl2N2O3S/c1-14(22(28)26-18-9-10-21(30-2)20(25)13-18)31-19-8-4-7-17(12-19)27-23(29)15-5-3-6-16(24)11-15/h3-14H,1-2H3,(H,26,28)(H,27,29). The van der Waals surface area contributed by atoms with E-state index >= 15 is 0 Å². The van der Waals surface area contributed by atoms with Crippen LogP contribution in [0.15, 0.2) is 71.6 Å². The summed E-state index contributed by atoms with van der Waals surface area (Å²) < 4.78 is 5.12. The summed E-state index contributed by atoms with van der Waals surface area (Å²) in [6.45, 7) is 1.81. The van der Waals surface area contributed by atoms with Gasteiger partial charge in [-0.05, 0) is 61.5 Å². The second kappa shape index (κ2) is 10.6. The predicted octanol–water partition coefficient (Wildman–Crippen LogP) is 6.37. The van der Waals surface area contributed by atoms with E-state index in [1.165, 1.54) is 18.9 Å². The number of halogens is 2. The van der Waals surface area contributed by atoms with Gasteiger partial charge in [-0.2, -0.15) is 0 Å². The van der Waals surface area contributed by atoms with Gasteiger partial charge in [0.15, 0.2) is 0 Å². The first-order valence-electron chi connectivity index (χ1n) is 9.34. The second-order valence-electron chi connectivity index (χ2n) is 6.59. The van der Waals surface area contributed by atoms with E-state index in [4.69, 9.17) is 27.9 Å². The Morgan fingerprint density at radius 1 is 0.935 bits per heavy atom. The molecule has 3 rings (SSSR count). The molecule has 1 unspecified atom stereocenters. The molecule has 0 bridgehead atoms. The molecule has 2 amide bonds. The zero-order valence-electron chi connectivity index (χ0n) is 16.8. The van der Waals surface area contributed by atoms with Crippen LogP contribution in [0.3, 0.4) is 0 Å². The van der Waals surface area contributed by atoms with Crippen molar-refractivity contribution >= 4 is 58.2 Å². The van der Waals surface area contributed by atoms with Crippen molar-refractivity contribution in [2.24, 2.45) is 0 Å². The SMILES string of the molecule is COc1ccc(NC(=O)C(C)Sc2cccc(NC(=O)c3cccc(Cl)c3)c2)cc1Cl. The van der Waals surface area contributed by atoms with Crippen molar-refractivity contribution in [1.29, 1.82) is 0 Å². The predicted molar refractivity (Wildman–Crippen MR) is 128 cm³/mol. The largest absolute Gasteiger partial charge is 0.495 e. The van der Waals surface area contributed by atoms with Crippen LogP contribution in [0.5, 0.6) is 5.75 Å². The molecule has 2 N–H and O–H groups in total. The van der Waals surface area contributed by atoms with Crippen LogP contribution in [0.4, 0.5) is 11.4 Å². The number of amides is 2. The first-order valence-corrected chi connectivity index (χ1v) is 11.0. The first-order chi connectivity index (χ1) is 14.9. The summed E-state index contributed by atoms with van der Waals surface area (Å²) in [5.74, 6) is 0.116. The lowest BCUT2D eigenvalue weighted by molar-refractivity contribution is -0.115. The summed E-state index contributed by atoms with van der Waals surface area (Å²) in [7, 11) is 1.53. The van der Waals surface area contributed by atoms with Gasteiger partial charge in [0, 0.05) is 26.9 Å². The minimum Gasteiger partial charge on any atom is -0.495 e. The molecule has 0 saturated heterocycles. The molecule has 0 aliphatic rings. The van der Waals surface area contributed by atoms with Gasteiger partial charge in [-0.25, -0.2) is 0 Å². The molecule has 0 aliphatic carbocycles. The van der Waals surface area contributed by atoms with Crippen molar-refractivity contribution < 1.29 is 14.3 Å². The van der Waals surface area contributed by atoms with E-state index in [9.17, 15) is 9.59 Å². The number of rotatable bonds is 7. The maximum Gasteiger partial charge on any atom is 0.255 e. The number of nitrogens with one attached hydrogen (secondary N) is 2. The zero-order valence-corrected chi connectivity index (χ0v) is 19.1. The van der Waals surface area contributed by atoms with E-state index in [0.717, 1.165) is 4.90 Å². The quantitative estimate of drug-likeness (QED) is 0.390. The van der Waals surface area contributed by atoms with Gasteiger partial charge >= 0.3 is 0 Å². The number of carbonyl (C=O) groups is 2. The summed E-state index contributed by atoms with van der Waals surface area (Å²) in [6.07, 6.45) is 0. The Morgan fingerprint density at radius 3 is 2.39 bits per heavy atom. The summed E-state index contributed by atoms with van der Waals surface area (Å²) >= 11 is 13.4. The normalized spacial score (nSPS) is 11.5. The highest BCUT2D eigenvalue weighted by atomic mass is 35.5. The van der Waals surface area contributed by atoms with Gasteiger partial charge in [-0.1, -0.05) is 35.3 Å². The first kappa shape index (κ1) is 23.0. The molecule has 0 aromatic heterocycles. The van der Waals surface area contributed by atoms with Crippen LogP contribution in [-0.2, 0) is 4.79 Å². The highest BCUT2D eigenvalue weighted by Gasteiger charge is 2.16. The third-order valence-corrected chi connectivity index (χ3v) is 5.90. The molecule has 0 spiro atoms. The Balaban J connectivity index is 1.62. The highest BCUT2D eigenvalue weighted by Crippen LogP contribution is 2.29. The van der Waals surface area contributed by atoms with E-state index in [1.807, 2.05) is 25.1 Å². The van der Waals surface area contributed by atoms with Gasteiger partial charge in [0.2, 0.25) is 5.91 Å². The lowest BCUT2D eigenvalue weighted by Crippen LogP contribution is -2.22. The molecular formula is C23H20Cl2N2O3S. The molecule has 0 saturated carbocycles. The molecule has 0 aliphatic heterocycles. The number of methoxy groups -OCH3 is 1. The average molecular weight is 475 g/mol. The molecule has 3 aromatic rings. The van der Waals surface area contributed by atoms with E-state index in [2.05, 4.69) is 10.6 Å². The highest BCUT2D eigenvalue weighted by molar-refractivity contribution is 8.00. The van der Waals surface area contributed by atoms with Crippen LogP contribution in [0.25, 0.3) is 0 Å². The van der Waals surface area contributed by atoms with Crippen LogP contribution >= 0.6 is 35.0 Å². The summed E-state index contributed by atoms with van der Waals surface area (Å²) in [6, 6.07) is 19.1. The number of carbonyl (C=O) groups excluding carboxylic acids is 2. The van der Waals surface area contributed by atoms with Crippen molar-refractivity contribution in [3.63, 3.8) is 0 Å². The van der Waals surface area contributed by atoms with Crippen molar-refractivity contribution in [2.45, 2.75) is 17.1 Å². The number of hydrogen-bond acceptors (Lipinski definition) is 4. The molecule has 0 radical (unpaired) electrons. The molecule has 31 heavy (non-hydrogen) atoms. The molecule has 8 heteroatoms. The number of anilines is 2. The van der Waals surface area contributed by atoms with Crippen LogP contribution in [0.2, 0.25) is 10.0 Å². The fraction of sp³-hybridized carbons (Fsp3) is 0.130. The fourth-order valence-corrected chi connectivity index (χ4v) is 4.10. The number of ether oxygens (including phenoxy) is 1. The van der Waals surface area contributed by atoms with Crippen molar-refractivity contribution in [1.82, 2.24) is 0 Å². The molecule has 1 atom stereocenters. The Labute approximate surface area is 195 Å². The molecule has 0 fully saturated rings. The van der Waals surface area contributed by atoms with E-state index < -0.39 is 0 Å². The lowest BCUT2D eigenvalue weighted by atomic mass is 10.2. The van der Waals surface area contributed by atoms with Crippen LogP contribution < -0.4 is 15.4 Å². The minimum absolute atomic E-state index is 0.167. The third-order valence-electron chi connectivity index (χ3n) is 4.28. The topological polar surface area (TPSA) is 67.4 Å². The van der Waals surface area contributed by atoms with Gasteiger partial charge in [-0.3, -0.25) is 9.59 Å². The minimum atomic E-state index is -0.375. The van der Waals surface area contributed by atoms with Gasteiger partial charge in [0.25, 0.3) is 5.91 Å². The van der Waals surface area contributed by atoms with Gasteiger partial charge < -0.3 is 15.4 Å². The van der Waals surface area contributed by atoms with E-state index in [-0.39, 0.29) is 17.1 Å². The molecule has 5 nitrogen and oxygen atoms in total. The summed E-state index contributed by atoms with van der Waals surface area (Å²) in [4.78, 5) is 25.8.